The van der Waals surface area contributed by atoms with Gasteiger partial charge >= 0.3 is 0 Å². The molecule has 7 heteroatoms. The lowest BCUT2D eigenvalue weighted by atomic mass is 10.0. The van der Waals surface area contributed by atoms with Gasteiger partial charge in [-0.3, -0.25) is 9.83 Å². The van der Waals surface area contributed by atoms with Gasteiger partial charge in [-0.2, -0.15) is 10.4 Å². The Morgan fingerprint density at radius 2 is 2.07 bits per heavy atom. The molecule has 4 aromatic rings. The summed E-state index contributed by atoms with van der Waals surface area (Å²) in [6.07, 6.45) is 2.25. The fourth-order valence-electron chi connectivity index (χ4n) is 3.71. The summed E-state index contributed by atoms with van der Waals surface area (Å²) in [6.45, 7) is 3.97. The van der Waals surface area contributed by atoms with E-state index in [-0.39, 0.29) is 5.75 Å². The van der Waals surface area contributed by atoms with E-state index < -0.39 is 0 Å². The monoisotopic (exact) mass is 399 g/mol. The molecule has 2 N–H and O–H groups in total. The summed E-state index contributed by atoms with van der Waals surface area (Å²) in [5, 5.41) is 24.4. The van der Waals surface area contributed by atoms with E-state index in [9.17, 15) is 10.4 Å². The summed E-state index contributed by atoms with van der Waals surface area (Å²) in [6, 6.07) is 15.3. The third-order valence-electron chi connectivity index (χ3n) is 5.21. The van der Waals surface area contributed by atoms with E-state index in [1.54, 1.807) is 18.2 Å². The van der Waals surface area contributed by atoms with E-state index in [4.69, 9.17) is 4.74 Å². The molecule has 0 bridgehead atoms. The van der Waals surface area contributed by atoms with Crippen LogP contribution in [-0.4, -0.2) is 27.8 Å². The fraction of sp³-hybridized carbons (Fsp3) is 0.174. The lowest BCUT2D eigenvalue weighted by Crippen LogP contribution is -2.07. The lowest BCUT2D eigenvalue weighted by Gasteiger charge is -2.15. The number of anilines is 1. The summed E-state index contributed by atoms with van der Waals surface area (Å²) in [5.41, 5.74) is 8.35. The van der Waals surface area contributed by atoms with E-state index in [0.717, 1.165) is 28.0 Å². The molecule has 7 nitrogen and oxygen atoms in total. The van der Waals surface area contributed by atoms with Gasteiger partial charge < -0.3 is 9.84 Å². The molecule has 0 saturated carbocycles. The second-order valence-electron chi connectivity index (χ2n) is 6.82. The number of hydrogen-bond acceptors (Lipinski definition) is 6. The standard InChI is InChI=1S/C23H21N5O2/c1-4-16-14(2)17(12-24)22-26-18-9-5-6-10-19(18)28(22)23(16)27-25-13-15-8-7-11-20(30-3)21(15)29/h5-11,13,27,29H,4H2,1-3H3/b25-13+. The van der Waals surface area contributed by atoms with Gasteiger partial charge in [0.2, 0.25) is 0 Å². The molecule has 0 atom stereocenters. The van der Waals surface area contributed by atoms with Crippen molar-refractivity contribution in [2.75, 3.05) is 12.5 Å². The highest BCUT2D eigenvalue weighted by atomic mass is 16.5. The number of hydrazone groups is 1. The molecule has 0 fully saturated rings. The van der Waals surface area contributed by atoms with Crippen LogP contribution in [0.25, 0.3) is 16.7 Å². The maximum absolute atomic E-state index is 10.3. The number of phenolic OH excluding ortho intramolecular Hbond substituents is 1. The van der Waals surface area contributed by atoms with Gasteiger partial charge in [-0.25, -0.2) is 4.98 Å². The van der Waals surface area contributed by atoms with Gasteiger partial charge in [0.1, 0.15) is 11.9 Å². The van der Waals surface area contributed by atoms with Crippen LogP contribution in [0.2, 0.25) is 0 Å². The van der Waals surface area contributed by atoms with Gasteiger partial charge in [0.05, 0.1) is 29.9 Å². The average molecular weight is 399 g/mol. The second kappa shape index (κ2) is 7.76. The molecule has 2 heterocycles. The van der Waals surface area contributed by atoms with Crippen LogP contribution in [0.4, 0.5) is 5.82 Å². The van der Waals surface area contributed by atoms with Gasteiger partial charge in [-0.1, -0.05) is 25.1 Å². The minimum atomic E-state index is 0.0236. The molecule has 150 valence electrons. The van der Waals surface area contributed by atoms with Gasteiger partial charge in [-0.05, 0) is 48.7 Å². The minimum absolute atomic E-state index is 0.0236. The number of nitriles is 1. The number of benzene rings is 2. The van der Waals surface area contributed by atoms with Crippen LogP contribution in [0.1, 0.15) is 29.2 Å². The van der Waals surface area contributed by atoms with Crippen LogP contribution in [-0.2, 0) is 6.42 Å². The number of nitrogens with one attached hydrogen (secondary N) is 1. The first-order valence-corrected chi connectivity index (χ1v) is 9.58. The number of rotatable bonds is 5. The van der Waals surface area contributed by atoms with Gasteiger partial charge in [0.25, 0.3) is 0 Å². The number of imidazole rings is 1. The molecule has 0 spiro atoms. The molecule has 2 aromatic heterocycles. The predicted molar refractivity (Wildman–Crippen MR) is 117 cm³/mol. The van der Waals surface area contributed by atoms with Crippen LogP contribution in [0, 0.1) is 18.3 Å². The van der Waals surface area contributed by atoms with E-state index >= 15 is 0 Å². The van der Waals surface area contributed by atoms with Crippen molar-refractivity contribution in [3.05, 3.63) is 64.7 Å². The largest absolute Gasteiger partial charge is 0.504 e. The van der Waals surface area contributed by atoms with Crippen molar-refractivity contribution in [2.45, 2.75) is 20.3 Å². The first kappa shape index (κ1) is 19.3. The van der Waals surface area contributed by atoms with Gasteiger partial charge in [-0.15, -0.1) is 0 Å². The summed E-state index contributed by atoms with van der Waals surface area (Å²) < 4.78 is 7.08. The topological polar surface area (TPSA) is 94.9 Å². The van der Waals surface area contributed by atoms with Crippen LogP contribution in [0.5, 0.6) is 11.5 Å². The predicted octanol–water partition coefficient (Wildman–Crippen LogP) is 4.39. The summed E-state index contributed by atoms with van der Waals surface area (Å²) >= 11 is 0. The number of aromatic hydroxyl groups is 1. The zero-order valence-electron chi connectivity index (χ0n) is 17.0. The van der Waals surface area contributed by atoms with E-state index in [1.807, 2.05) is 42.5 Å². The molecule has 2 aromatic carbocycles. The quantitative estimate of drug-likeness (QED) is 0.383. The van der Waals surface area contributed by atoms with Crippen molar-refractivity contribution in [3.8, 4) is 17.6 Å². The summed E-state index contributed by atoms with van der Waals surface area (Å²) in [5.74, 6) is 1.15. The Labute approximate surface area is 173 Å². The number of fused-ring (bicyclic) bond motifs is 3. The Balaban J connectivity index is 1.89. The van der Waals surface area contributed by atoms with E-state index in [0.29, 0.717) is 28.9 Å². The molecule has 30 heavy (non-hydrogen) atoms. The maximum Gasteiger partial charge on any atom is 0.166 e. The first-order chi connectivity index (χ1) is 14.6. The molecule has 0 radical (unpaired) electrons. The zero-order valence-corrected chi connectivity index (χ0v) is 17.0. The van der Waals surface area contributed by atoms with Crippen molar-refractivity contribution >= 4 is 28.7 Å². The molecular weight excluding hydrogens is 378 g/mol. The number of para-hydroxylation sites is 3. The second-order valence-corrected chi connectivity index (χ2v) is 6.82. The molecule has 0 unspecified atom stereocenters. The summed E-state index contributed by atoms with van der Waals surface area (Å²) in [7, 11) is 1.50. The third kappa shape index (κ3) is 2.99. The van der Waals surface area contributed by atoms with E-state index in [2.05, 4.69) is 21.6 Å². The number of pyridine rings is 1. The zero-order chi connectivity index (χ0) is 21.3. The normalized spacial score (nSPS) is 11.3. The highest BCUT2D eigenvalue weighted by Crippen LogP contribution is 2.32. The molecule has 0 aliphatic heterocycles. The maximum atomic E-state index is 10.3. The fourth-order valence-corrected chi connectivity index (χ4v) is 3.71. The number of phenols is 1. The lowest BCUT2D eigenvalue weighted by molar-refractivity contribution is 0.373. The van der Waals surface area contributed by atoms with Crippen molar-refractivity contribution in [2.24, 2.45) is 5.10 Å². The molecule has 0 aliphatic rings. The Morgan fingerprint density at radius 3 is 2.80 bits per heavy atom. The number of ether oxygens (including phenoxy) is 1. The Morgan fingerprint density at radius 1 is 1.27 bits per heavy atom. The average Bonchev–Trinajstić information content (AvgIpc) is 3.14. The van der Waals surface area contributed by atoms with Crippen LogP contribution < -0.4 is 10.2 Å². The highest BCUT2D eigenvalue weighted by Gasteiger charge is 2.19. The van der Waals surface area contributed by atoms with Gasteiger partial charge in [0, 0.05) is 5.56 Å². The van der Waals surface area contributed by atoms with Crippen LogP contribution in [0.3, 0.4) is 0 Å². The SMILES string of the molecule is CCc1c(C)c(C#N)c2nc3ccccc3n2c1N/N=C/c1cccc(OC)c1O. The van der Waals surface area contributed by atoms with Crippen molar-refractivity contribution in [3.63, 3.8) is 0 Å². The highest BCUT2D eigenvalue weighted by molar-refractivity contribution is 5.87. The van der Waals surface area contributed by atoms with Crippen LogP contribution in [0.15, 0.2) is 47.6 Å². The van der Waals surface area contributed by atoms with Crippen molar-refractivity contribution in [1.82, 2.24) is 9.38 Å². The van der Waals surface area contributed by atoms with Crippen molar-refractivity contribution < 1.29 is 9.84 Å². The number of methoxy groups -OCH3 is 1. The molecule has 0 amide bonds. The van der Waals surface area contributed by atoms with E-state index in [1.165, 1.54) is 13.3 Å². The van der Waals surface area contributed by atoms with Crippen molar-refractivity contribution in [1.29, 1.82) is 5.26 Å². The number of nitrogens with zero attached hydrogens (tertiary/aromatic N) is 4. The van der Waals surface area contributed by atoms with Crippen LogP contribution >= 0.6 is 0 Å². The number of hydrogen-bond donors (Lipinski definition) is 2. The molecule has 4 rings (SSSR count). The summed E-state index contributed by atoms with van der Waals surface area (Å²) in [4.78, 5) is 4.68. The smallest absolute Gasteiger partial charge is 0.166 e. The molecular formula is C23H21N5O2. The Kier molecular flexibility index (Phi) is 4.98. The first-order valence-electron chi connectivity index (χ1n) is 9.58. The third-order valence-corrected chi connectivity index (χ3v) is 5.21. The molecule has 0 saturated heterocycles. The molecule has 0 aliphatic carbocycles. The Hall–Kier alpha value is -4.05. The Bertz CT molecular complexity index is 1330. The van der Waals surface area contributed by atoms with Gasteiger partial charge in [0.15, 0.2) is 17.1 Å². The minimum Gasteiger partial charge on any atom is -0.504 e. The number of aromatic nitrogens is 2.